The molecule has 1 heterocycles. The molecule has 4 heteroatoms. The fourth-order valence-electron chi connectivity index (χ4n) is 2.55. The van der Waals surface area contributed by atoms with Gasteiger partial charge in [-0.25, -0.2) is 0 Å². The molecule has 0 aliphatic carbocycles. The molecule has 94 valence electrons. The number of hydrogen-bond donors (Lipinski definition) is 0. The number of esters is 1. The number of piperidine rings is 1. The van der Waals surface area contributed by atoms with Crippen LogP contribution in [0.4, 0.5) is 0 Å². The van der Waals surface area contributed by atoms with Crippen LogP contribution in [0, 0.1) is 5.92 Å². The van der Waals surface area contributed by atoms with Crippen LogP contribution in [0.25, 0.3) is 0 Å². The zero-order valence-electron chi connectivity index (χ0n) is 10.9. The molecule has 4 nitrogen and oxygen atoms in total. The Morgan fingerprint density at radius 1 is 1.56 bits per heavy atom. The number of likely N-dealkylation sites (tertiary alicyclic amines) is 1. The minimum Gasteiger partial charge on any atom is -0.469 e. The van der Waals surface area contributed by atoms with Crippen molar-refractivity contribution in [3.05, 3.63) is 0 Å². The maximum absolute atomic E-state index is 11.4. The minimum atomic E-state index is -0.105. The molecule has 0 radical (unpaired) electrons. The summed E-state index contributed by atoms with van der Waals surface area (Å²) in [5.74, 6) is 0.472. The molecule has 0 saturated carbocycles. The van der Waals surface area contributed by atoms with E-state index in [9.17, 15) is 4.79 Å². The third kappa shape index (κ3) is 3.76. The average molecular weight is 228 g/mol. The first-order valence-corrected chi connectivity index (χ1v) is 5.96. The molecule has 0 N–H and O–H groups in total. The molecule has 1 saturated heterocycles. The van der Waals surface area contributed by atoms with Crippen molar-refractivity contribution >= 4 is 5.97 Å². The first-order chi connectivity index (χ1) is 7.54. The second kappa shape index (κ2) is 6.21. The van der Waals surface area contributed by atoms with Gasteiger partial charge in [-0.1, -0.05) is 0 Å². The largest absolute Gasteiger partial charge is 0.469 e. The highest BCUT2D eigenvalue weighted by Gasteiger charge is 2.29. The van der Waals surface area contributed by atoms with Crippen LogP contribution in [0.1, 0.15) is 19.3 Å². The van der Waals surface area contributed by atoms with Crippen molar-refractivity contribution in [3.8, 4) is 0 Å². The number of ether oxygens (including phenoxy) is 1. The van der Waals surface area contributed by atoms with Crippen molar-refractivity contribution in [3.63, 3.8) is 0 Å². The predicted octanol–water partition coefficient (Wildman–Crippen LogP) is 0.821. The zero-order chi connectivity index (χ0) is 12.1. The van der Waals surface area contributed by atoms with Crippen molar-refractivity contribution in [1.82, 2.24) is 9.80 Å². The number of hydrogen-bond acceptors (Lipinski definition) is 4. The van der Waals surface area contributed by atoms with E-state index in [1.54, 1.807) is 0 Å². The molecule has 1 aliphatic rings. The molecule has 1 aliphatic heterocycles. The summed E-state index contributed by atoms with van der Waals surface area (Å²) in [6.45, 7) is 2.26. The van der Waals surface area contributed by atoms with Crippen molar-refractivity contribution in [1.29, 1.82) is 0 Å². The molecule has 0 bridgehead atoms. The normalized spacial score (nSPS) is 24.4. The van der Waals surface area contributed by atoms with Crippen molar-refractivity contribution in [2.75, 3.05) is 41.3 Å². The third-order valence-electron chi connectivity index (χ3n) is 3.47. The van der Waals surface area contributed by atoms with Crippen LogP contribution in [0.2, 0.25) is 0 Å². The van der Waals surface area contributed by atoms with Gasteiger partial charge in [0.15, 0.2) is 0 Å². The van der Waals surface area contributed by atoms with Crippen LogP contribution in [-0.2, 0) is 9.53 Å². The molecular weight excluding hydrogens is 204 g/mol. The highest BCUT2D eigenvalue weighted by atomic mass is 16.5. The molecular formula is C12H24N2O2. The van der Waals surface area contributed by atoms with Gasteiger partial charge in [0.1, 0.15) is 0 Å². The van der Waals surface area contributed by atoms with Gasteiger partial charge in [0.2, 0.25) is 0 Å². The van der Waals surface area contributed by atoms with Gasteiger partial charge in [0.05, 0.1) is 13.5 Å². The fraction of sp³-hybridized carbons (Fsp3) is 0.917. The Balaban J connectivity index is 2.58. The Morgan fingerprint density at radius 3 is 2.75 bits per heavy atom. The molecule has 16 heavy (non-hydrogen) atoms. The van der Waals surface area contributed by atoms with Crippen LogP contribution in [0.15, 0.2) is 0 Å². The molecule has 2 unspecified atom stereocenters. The van der Waals surface area contributed by atoms with E-state index >= 15 is 0 Å². The average Bonchev–Trinajstić information content (AvgIpc) is 2.25. The van der Waals surface area contributed by atoms with Crippen molar-refractivity contribution in [2.45, 2.75) is 25.3 Å². The zero-order valence-corrected chi connectivity index (χ0v) is 10.9. The van der Waals surface area contributed by atoms with Gasteiger partial charge >= 0.3 is 5.97 Å². The number of rotatable bonds is 4. The van der Waals surface area contributed by atoms with Crippen LogP contribution in [-0.4, -0.2) is 63.2 Å². The van der Waals surface area contributed by atoms with Gasteiger partial charge in [-0.15, -0.1) is 0 Å². The van der Waals surface area contributed by atoms with E-state index in [1.807, 2.05) is 14.1 Å². The summed E-state index contributed by atoms with van der Waals surface area (Å²) in [5.41, 5.74) is 0. The van der Waals surface area contributed by atoms with E-state index in [4.69, 9.17) is 4.74 Å². The molecule has 1 rings (SSSR count). The highest BCUT2D eigenvalue weighted by Crippen LogP contribution is 2.23. The van der Waals surface area contributed by atoms with Crippen molar-refractivity contribution < 1.29 is 9.53 Å². The lowest BCUT2D eigenvalue weighted by Gasteiger charge is -2.37. The summed E-state index contributed by atoms with van der Waals surface area (Å²) in [7, 11) is 7.70. The van der Waals surface area contributed by atoms with Gasteiger partial charge in [-0.3, -0.25) is 4.79 Å². The van der Waals surface area contributed by atoms with E-state index in [0.29, 0.717) is 18.4 Å². The molecule has 0 aromatic heterocycles. The van der Waals surface area contributed by atoms with Gasteiger partial charge < -0.3 is 14.5 Å². The Kier molecular flexibility index (Phi) is 5.22. The standard InChI is InChI=1S/C12H24N2O2/c1-13(2)11(8-12(15)16-4)10-6-5-7-14(3)9-10/h10-11H,5-9H2,1-4H3. The molecule has 0 aromatic rings. The Morgan fingerprint density at radius 2 is 2.25 bits per heavy atom. The van der Waals surface area contributed by atoms with Crippen LogP contribution >= 0.6 is 0 Å². The third-order valence-corrected chi connectivity index (χ3v) is 3.47. The number of carbonyl (C=O) groups is 1. The smallest absolute Gasteiger partial charge is 0.307 e. The molecule has 0 aromatic carbocycles. The second-order valence-corrected chi connectivity index (χ2v) is 4.98. The van der Waals surface area contributed by atoms with Gasteiger partial charge in [0.25, 0.3) is 0 Å². The molecule has 1 fully saturated rings. The van der Waals surface area contributed by atoms with Gasteiger partial charge in [0, 0.05) is 12.6 Å². The summed E-state index contributed by atoms with van der Waals surface area (Å²) < 4.78 is 4.77. The van der Waals surface area contributed by atoms with E-state index < -0.39 is 0 Å². The monoisotopic (exact) mass is 228 g/mol. The van der Waals surface area contributed by atoms with E-state index in [2.05, 4.69) is 16.8 Å². The summed E-state index contributed by atoms with van der Waals surface area (Å²) in [5, 5.41) is 0. The Labute approximate surface area is 98.5 Å². The van der Waals surface area contributed by atoms with E-state index in [1.165, 1.54) is 26.5 Å². The van der Waals surface area contributed by atoms with E-state index in [0.717, 1.165) is 6.54 Å². The van der Waals surface area contributed by atoms with Gasteiger partial charge in [-0.05, 0) is 46.4 Å². The Hall–Kier alpha value is -0.610. The second-order valence-electron chi connectivity index (χ2n) is 4.98. The summed E-state index contributed by atoms with van der Waals surface area (Å²) in [6, 6.07) is 0.301. The maximum atomic E-state index is 11.4. The molecule has 2 atom stereocenters. The van der Waals surface area contributed by atoms with Crippen molar-refractivity contribution in [2.24, 2.45) is 5.92 Å². The lowest BCUT2D eigenvalue weighted by atomic mass is 9.88. The SMILES string of the molecule is COC(=O)CC(C1CCCN(C)C1)N(C)C. The number of methoxy groups -OCH3 is 1. The summed E-state index contributed by atoms with van der Waals surface area (Å²) in [4.78, 5) is 15.9. The molecule has 0 spiro atoms. The maximum Gasteiger partial charge on any atom is 0.307 e. The number of carbonyl (C=O) groups excluding carboxylic acids is 1. The lowest BCUT2D eigenvalue weighted by Crippen LogP contribution is -2.45. The Bertz CT molecular complexity index is 231. The van der Waals surface area contributed by atoms with Gasteiger partial charge in [-0.2, -0.15) is 0 Å². The molecule has 0 amide bonds. The highest BCUT2D eigenvalue weighted by molar-refractivity contribution is 5.69. The van der Waals surface area contributed by atoms with E-state index in [-0.39, 0.29) is 5.97 Å². The predicted molar refractivity (Wildman–Crippen MR) is 64.3 cm³/mol. The van der Waals surface area contributed by atoms with Crippen LogP contribution in [0.3, 0.4) is 0 Å². The summed E-state index contributed by atoms with van der Waals surface area (Å²) >= 11 is 0. The lowest BCUT2D eigenvalue weighted by molar-refractivity contribution is -0.142. The quantitative estimate of drug-likeness (QED) is 0.667. The number of nitrogens with zero attached hydrogens (tertiary/aromatic N) is 2. The fourth-order valence-corrected chi connectivity index (χ4v) is 2.55. The summed E-state index contributed by atoms with van der Waals surface area (Å²) in [6.07, 6.45) is 2.94. The topological polar surface area (TPSA) is 32.8 Å². The first kappa shape index (κ1) is 13.5. The van der Waals surface area contributed by atoms with Crippen LogP contribution in [0.5, 0.6) is 0 Å². The minimum absolute atomic E-state index is 0.105. The first-order valence-electron chi connectivity index (χ1n) is 5.96. The van der Waals surface area contributed by atoms with Crippen LogP contribution < -0.4 is 0 Å².